The Bertz CT molecular complexity index is 1300. The maximum absolute atomic E-state index is 12.7. The number of amides is 1. The van der Waals surface area contributed by atoms with Crippen LogP contribution in [0.3, 0.4) is 0 Å². The summed E-state index contributed by atoms with van der Waals surface area (Å²) in [6.07, 6.45) is 7.54. The van der Waals surface area contributed by atoms with Crippen LogP contribution in [-0.2, 0) is 22.5 Å². The lowest BCUT2D eigenvalue weighted by Gasteiger charge is -2.43. The van der Waals surface area contributed by atoms with Gasteiger partial charge in [-0.25, -0.2) is 0 Å². The van der Waals surface area contributed by atoms with Crippen molar-refractivity contribution >= 4 is 17.4 Å². The van der Waals surface area contributed by atoms with Crippen molar-refractivity contribution in [3.63, 3.8) is 0 Å². The highest BCUT2D eigenvalue weighted by molar-refractivity contribution is 5.87. The van der Waals surface area contributed by atoms with Gasteiger partial charge < -0.3 is 29.1 Å². The molecule has 2 aromatic rings. The second kappa shape index (κ2) is 13.7. The number of hydrogen-bond acceptors (Lipinski definition) is 8. The number of nitrogens with zero attached hydrogens (tertiary/aromatic N) is 6. The van der Waals surface area contributed by atoms with Crippen LogP contribution in [0.15, 0.2) is 43.0 Å². The molecule has 1 aromatic heterocycles. The SMILES string of the molecule is C=CC(=O)N1CCN(c2nc(OC[C@@H]3CCCN3C)nc3c2CCN(/C(=C/C)c2ccccc2C)C3)C[C@@H]1CCOC. The van der Waals surface area contributed by atoms with E-state index in [0.29, 0.717) is 51.4 Å². The van der Waals surface area contributed by atoms with Crippen molar-refractivity contribution in [2.45, 2.75) is 58.2 Å². The van der Waals surface area contributed by atoms with Gasteiger partial charge in [0.2, 0.25) is 5.91 Å². The van der Waals surface area contributed by atoms with Gasteiger partial charge in [0.1, 0.15) is 12.4 Å². The number of allylic oxidation sites excluding steroid dienone is 1. The third kappa shape index (κ3) is 6.47. The quantitative estimate of drug-likeness (QED) is 0.396. The third-order valence-electron chi connectivity index (χ3n) is 9.03. The maximum atomic E-state index is 12.7. The zero-order valence-corrected chi connectivity index (χ0v) is 25.7. The first kappa shape index (κ1) is 30.0. The lowest BCUT2D eigenvalue weighted by Crippen LogP contribution is -2.55. The number of aryl methyl sites for hydroxylation is 1. The van der Waals surface area contributed by atoms with Crippen molar-refractivity contribution in [3.05, 3.63) is 65.4 Å². The highest BCUT2D eigenvalue weighted by atomic mass is 16.5. The summed E-state index contributed by atoms with van der Waals surface area (Å²) in [5.74, 6) is 0.913. The second-order valence-corrected chi connectivity index (χ2v) is 11.6. The van der Waals surface area contributed by atoms with Crippen LogP contribution in [0.4, 0.5) is 5.82 Å². The number of piperazine rings is 1. The van der Waals surface area contributed by atoms with Crippen LogP contribution in [0.5, 0.6) is 6.01 Å². The average Bonchev–Trinajstić information content (AvgIpc) is 3.43. The van der Waals surface area contributed by atoms with Gasteiger partial charge in [0.25, 0.3) is 0 Å². The van der Waals surface area contributed by atoms with Crippen molar-refractivity contribution < 1.29 is 14.3 Å². The molecule has 1 aromatic carbocycles. The molecule has 1 amide bonds. The molecule has 2 saturated heterocycles. The van der Waals surface area contributed by atoms with E-state index in [1.807, 2.05) is 4.90 Å². The summed E-state index contributed by atoms with van der Waals surface area (Å²) in [7, 11) is 3.86. The summed E-state index contributed by atoms with van der Waals surface area (Å²) in [6, 6.07) is 9.40. The predicted octanol–water partition coefficient (Wildman–Crippen LogP) is 3.92. The van der Waals surface area contributed by atoms with E-state index in [1.165, 1.54) is 34.9 Å². The fraction of sp³-hybridized carbons (Fsp3) is 0.545. The van der Waals surface area contributed by atoms with E-state index in [9.17, 15) is 4.79 Å². The number of fused-ring (bicyclic) bond motifs is 1. The van der Waals surface area contributed by atoms with Crippen LogP contribution < -0.4 is 9.64 Å². The molecule has 0 N–H and O–H groups in total. The highest BCUT2D eigenvalue weighted by Gasteiger charge is 2.33. The summed E-state index contributed by atoms with van der Waals surface area (Å²) in [4.78, 5) is 31.8. The molecule has 42 heavy (non-hydrogen) atoms. The maximum Gasteiger partial charge on any atom is 0.318 e. The Morgan fingerprint density at radius 2 is 1.98 bits per heavy atom. The lowest BCUT2D eigenvalue weighted by molar-refractivity contribution is -0.129. The monoisotopic (exact) mass is 574 g/mol. The number of hydrogen-bond donors (Lipinski definition) is 0. The minimum atomic E-state index is -0.0316. The van der Waals surface area contributed by atoms with Crippen molar-refractivity contribution in [3.8, 4) is 6.01 Å². The van der Waals surface area contributed by atoms with Gasteiger partial charge in [-0.2, -0.15) is 9.97 Å². The lowest BCUT2D eigenvalue weighted by atomic mass is 9.99. The Hall–Kier alpha value is -3.43. The second-order valence-electron chi connectivity index (χ2n) is 11.6. The normalized spacial score (nSPS) is 21.4. The van der Waals surface area contributed by atoms with Gasteiger partial charge in [0, 0.05) is 62.8 Å². The number of carbonyl (C=O) groups is 1. The van der Waals surface area contributed by atoms with Gasteiger partial charge in [-0.15, -0.1) is 0 Å². The van der Waals surface area contributed by atoms with Gasteiger partial charge in [0.15, 0.2) is 0 Å². The Morgan fingerprint density at radius 3 is 2.69 bits per heavy atom. The zero-order chi connectivity index (χ0) is 29.6. The Labute approximate surface area is 250 Å². The van der Waals surface area contributed by atoms with Crippen molar-refractivity contribution in [1.29, 1.82) is 0 Å². The van der Waals surface area contributed by atoms with E-state index in [1.54, 1.807) is 7.11 Å². The number of anilines is 1. The van der Waals surface area contributed by atoms with Gasteiger partial charge in [-0.05, 0) is 64.8 Å². The van der Waals surface area contributed by atoms with Crippen LogP contribution in [0.25, 0.3) is 5.70 Å². The van der Waals surface area contributed by atoms with Crippen molar-refractivity contribution in [2.75, 3.05) is 65.0 Å². The molecule has 3 aliphatic heterocycles. The minimum absolute atomic E-state index is 0.0158. The van der Waals surface area contributed by atoms with Gasteiger partial charge in [0.05, 0.1) is 18.3 Å². The number of benzene rings is 1. The number of rotatable bonds is 10. The van der Waals surface area contributed by atoms with Crippen LogP contribution in [0, 0.1) is 6.92 Å². The first-order valence-corrected chi connectivity index (χ1v) is 15.3. The standard InChI is InChI=1S/C33H46N6O3/c1-6-30(27-13-9-8-11-24(27)3)37-17-14-28-29(22-37)34-33(42-23-26-12-10-16-36(26)4)35-32(28)38-18-19-39(31(40)7-2)25(21-38)15-20-41-5/h6-9,11,13,25-26H,2,10,12,14-23H2,1,3-5H3/b30-6+/t25-,26-/m0/s1. The molecule has 0 radical (unpaired) electrons. The molecule has 226 valence electrons. The Morgan fingerprint density at radius 1 is 1.14 bits per heavy atom. The molecular formula is C33H46N6O3. The Kier molecular flexibility index (Phi) is 9.80. The zero-order valence-electron chi connectivity index (χ0n) is 25.7. The molecule has 0 spiro atoms. The van der Waals surface area contributed by atoms with Crippen molar-refractivity contribution in [2.24, 2.45) is 0 Å². The molecule has 3 aliphatic rings. The van der Waals surface area contributed by atoms with Gasteiger partial charge in [-0.1, -0.05) is 36.9 Å². The van der Waals surface area contributed by atoms with Crippen LogP contribution in [0.1, 0.15) is 48.6 Å². The molecule has 2 fully saturated rings. The molecule has 0 saturated carbocycles. The van der Waals surface area contributed by atoms with E-state index >= 15 is 0 Å². The van der Waals surface area contributed by atoms with Crippen LogP contribution >= 0.6 is 0 Å². The van der Waals surface area contributed by atoms with Crippen LogP contribution in [0.2, 0.25) is 0 Å². The van der Waals surface area contributed by atoms with Gasteiger partial charge >= 0.3 is 6.01 Å². The number of likely N-dealkylation sites (N-methyl/N-ethyl adjacent to an activating group) is 1. The van der Waals surface area contributed by atoms with Gasteiger partial charge in [-0.3, -0.25) is 4.79 Å². The molecule has 0 unspecified atom stereocenters. The van der Waals surface area contributed by atoms with E-state index in [-0.39, 0.29) is 11.9 Å². The predicted molar refractivity (Wildman–Crippen MR) is 167 cm³/mol. The number of carbonyl (C=O) groups excluding carboxylic acids is 1. The topological polar surface area (TPSA) is 74.3 Å². The summed E-state index contributed by atoms with van der Waals surface area (Å²) in [6.45, 7) is 13.8. The fourth-order valence-corrected chi connectivity index (χ4v) is 6.61. The molecule has 5 rings (SSSR count). The van der Waals surface area contributed by atoms with E-state index in [4.69, 9.17) is 19.4 Å². The molecule has 9 heteroatoms. The average molecular weight is 575 g/mol. The number of methoxy groups -OCH3 is 1. The summed E-state index contributed by atoms with van der Waals surface area (Å²) >= 11 is 0. The molecule has 4 heterocycles. The molecule has 2 atom stereocenters. The van der Waals surface area contributed by atoms with Crippen molar-refractivity contribution in [1.82, 2.24) is 24.7 Å². The number of ether oxygens (including phenoxy) is 2. The molecule has 9 nitrogen and oxygen atoms in total. The first-order chi connectivity index (χ1) is 20.4. The summed E-state index contributed by atoms with van der Waals surface area (Å²) in [5.41, 5.74) is 5.95. The molecule has 0 bridgehead atoms. The summed E-state index contributed by atoms with van der Waals surface area (Å²) < 4.78 is 11.7. The van der Waals surface area contributed by atoms with E-state index < -0.39 is 0 Å². The smallest absolute Gasteiger partial charge is 0.318 e. The first-order valence-electron chi connectivity index (χ1n) is 15.3. The molecular weight excluding hydrogens is 528 g/mol. The Balaban J connectivity index is 1.45. The minimum Gasteiger partial charge on any atom is -0.462 e. The largest absolute Gasteiger partial charge is 0.462 e. The highest BCUT2D eigenvalue weighted by Crippen LogP contribution is 2.34. The van der Waals surface area contributed by atoms with E-state index in [0.717, 1.165) is 43.9 Å². The molecule has 0 aliphatic carbocycles. The summed E-state index contributed by atoms with van der Waals surface area (Å²) in [5, 5.41) is 0. The number of likely N-dealkylation sites (tertiary alicyclic amines) is 1. The number of aromatic nitrogens is 2. The van der Waals surface area contributed by atoms with E-state index in [2.05, 4.69) is 72.5 Å². The fourth-order valence-electron chi connectivity index (χ4n) is 6.61. The third-order valence-corrected chi connectivity index (χ3v) is 9.03. The van der Waals surface area contributed by atoms with Crippen LogP contribution in [-0.4, -0.2) is 103 Å².